The van der Waals surface area contributed by atoms with Crippen LogP contribution in [-0.4, -0.2) is 11.7 Å². The summed E-state index contributed by atoms with van der Waals surface area (Å²) in [4.78, 5) is 0. The van der Waals surface area contributed by atoms with Crippen molar-refractivity contribution >= 4 is 0 Å². The number of aliphatic hydroxyl groups is 1. The van der Waals surface area contributed by atoms with E-state index in [0.29, 0.717) is 18.3 Å². The van der Waals surface area contributed by atoms with Gasteiger partial charge in [-0.05, 0) is 18.6 Å². The zero-order valence-corrected chi connectivity index (χ0v) is 11.3. The van der Waals surface area contributed by atoms with Gasteiger partial charge in [0, 0.05) is 35.0 Å². The molecule has 1 aromatic carbocycles. The third-order valence-corrected chi connectivity index (χ3v) is 3.69. The lowest BCUT2D eigenvalue weighted by Gasteiger charge is -2.05. The lowest BCUT2D eigenvalue weighted by molar-refractivity contribution is 0.305. The minimum Gasteiger partial charge on any atom is -0.395 e. The second kappa shape index (κ2) is 5.83. The highest BCUT2D eigenvalue weighted by Gasteiger charge is 2.33. The molecular weight excluding hydrogens is 244 g/mol. The van der Waals surface area contributed by atoms with Crippen LogP contribution in [0, 0.1) is 35.5 Å². The Bertz CT molecular complexity index is 671. The van der Waals surface area contributed by atoms with Crippen molar-refractivity contribution in [2.24, 2.45) is 11.8 Å². The van der Waals surface area contributed by atoms with Gasteiger partial charge in [0.15, 0.2) is 0 Å². The van der Waals surface area contributed by atoms with Crippen LogP contribution in [-0.2, 0) is 0 Å². The molecule has 3 rings (SSSR count). The van der Waals surface area contributed by atoms with Gasteiger partial charge in [-0.3, -0.25) is 0 Å². The van der Waals surface area contributed by atoms with Crippen molar-refractivity contribution in [2.75, 3.05) is 6.61 Å². The number of allylic oxidation sites excluding steroid dienone is 4. The maximum absolute atomic E-state index is 8.83. The van der Waals surface area contributed by atoms with E-state index in [9.17, 15) is 0 Å². The van der Waals surface area contributed by atoms with Gasteiger partial charge >= 0.3 is 0 Å². The molecule has 1 aromatic rings. The van der Waals surface area contributed by atoms with E-state index < -0.39 is 0 Å². The summed E-state index contributed by atoms with van der Waals surface area (Å²) in [7, 11) is 0. The molecule has 1 heteroatoms. The standard InChI is InChI=1S/C19H16O/c20-13-5-4-8-18-16-10-11-17(14-16)19(18)12-9-15-6-2-1-3-7-15/h1-3,6-7,10-11,16-17,20H,5,13-14H2. The van der Waals surface area contributed by atoms with Gasteiger partial charge in [-0.2, -0.15) is 0 Å². The summed E-state index contributed by atoms with van der Waals surface area (Å²) in [6, 6.07) is 10.0. The molecule has 0 amide bonds. The molecule has 0 saturated carbocycles. The Balaban J connectivity index is 1.90. The zero-order valence-electron chi connectivity index (χ0n) is 11.3. The average Bonchev–Trinajstić information content (AvgIpc) is 3.08. The van der Waals surface area contributed by atoms with E-state index >= 15 is 0 Å². The van der Waals surface area contributed by atoms with E-state index in [1.54, 1.807) is 0 Å². The number of hydrogen-bond donors (Lipinski definition) is 1. The Morgan fingerprint density at radius 1 is 0.950 bits per heavy atom. The van der Waals surface area contributed by atoms with Crippen LogP contribution in [0.4, 0.5) is 0 Å². The zero-order chi connectivity index (χ0) is 13.8. The van der Waals surface area contributed by atoms with Crippen LogP contribution in [0.1, 0.15) is 18.4 Å². The molecule has 0 aliphatic heterocycles. The van der Waals surface area contributed by atoms with Crippen LogP contribution in [0.5, 0.6) is 0 Å². The van der Waals surface area contributed by atoms with Crippen molar-refractivity contribution in [3.63, 3.8) is 0 Å². The molecule has 20 heavy (non-hydrogen) atoms. The quantitative estimate of drug-likeness (QED) is 0.608. The van der Waals surface area contributed by atoms with Crippen molar-refractivity contribution in [1.29, 1.82) is 0 Å². The summed E-state index contributed by atoms with van der Waals surface area (Å²) in [5, 5.41) is 8.83. The van der Waals surface area contributed by atoms with Gasteiger partial charge in [-0.15, -0.1) is 0 Å². The molecule has 2 bridgehead atoms. The monoisotopic (exact) mass is 260 g/mol. The highest BCUT2D eigenvalue weighted by molar-refractivity contribution is 5.56. The fourth-order valence-electron chi connectivity index (χ4n) is 2.72. The first-order chi connectivity index (χ1) is 9.88. The Kier molecular flexibility index (Phi) is 3.73. The molecule has 2 aliphatic rings. The van der Waals surface area contributed by atoms with Gasteiger partial charge in [-0.1, -0.05) is 54.0 Å². The van der Waals surface area contributed by atoms with Gasteiger partial charge in [0.1, 0.15) is 0 Å². The topological polar surface area (TPSA) is 20.2 Å². The summed E-state index contributed by atoms with van der Waals surface area (Å²) in [6.45, 7) is 0.120. The average molecular weight is 260 g/mol. The fraction of sp³-hybridized carbons (Fsp3) is 0.263. The van der Waals surface area contributed by atoms with Crippen LogP contribution >= 0.6 is 0 Å². The molecular formula is C19H16O. The summed E-state index contributed by atoms with van der Waals surface area (Å²) < 4.78 is 0. The number of benzene rings is 1. The molecule has 0 spiro atoms. The Labute approximate surface area is 120 Å². The summed E-state index contributed by atoms with van der Waals surface area (Å²) in [5.41, 5.74) is 3.37. The summed E-state index contributed by atoms with van der Waals surface area (Å²) in [5.74, 6) is 13.7. The van der Waals surface area contributed by atoms with Crippen LogP contribution in [0.2, 0.25) is 0 Å². The van der Waals surface area contributed by atoms with Crippen LogP contribution in [0.25, 0.3) is 0 Å². The molecule has 2 atom stereocenters. The fourth-order valence-corrected chi connectivity index (χ4v) is 2.72. The number of fused-ring (bicyclic) bond motifs is 2. The first-order valence-corrected chi connectivity index (χ1v) is 6.97. The number of aliphatic hydroxyl groups excluding tert-OH is 1. The van der Waals surface area contributed by atoms with Crippen LogP contribution < -0.4 is 0 Å². The minimum absolute atomic E-state index is 0.120. The molecule has 0 radical (unpaired) electrons. The third-order valence-electron chi connectivity index (χ3n) is 3.69. The predicted molar refractivity (Wildman–Crippen MR) is 80.6 cm³/mol. The van der Waals surface area contributed by atoms with E-state index in [1.807, 2.05) is 30.3 Å². The first-order valence-electron chi connectivity index (χ1n) is 6.97. The van der Waals surface area contributed by atoms with Gasteiger partial charge in [0.25, 0.3) is 0 Å². The van der Waals surface area contributed by atoms with Crippen molar-refractivity contribution in [2.45, 2.75) is 12.8 Å². The molecule has 98 valence electrons. The Hall–Kier alpha value is -2.22. The van der Waals surface area contributed by atoms with E-state index in [2.05, 4.69) is 35.8 Å². The van der Waals surface area contributed by atoms with Crippen LogP contribution in [0.15, 0.2) is 53.6 Å². The van der Waals surface area contributed by atoms with Gasteiger partial charge in [0.05, 0.1) is 6.61 Å². The van der Waals surface area contributed by atoms with Crippen LogP contribution in [0.3, 0.4) is 0 Å². The predicted octanol–water partition coefficient (Wildman–Crippen LogP) is 2.93. The normalized spacial score (nSPS) is 22.2. The second-order valence-corrected chi connectivity index (χ2v) is 5.05. The smallest absolute Gasteiger partial charge is 0.0540 e. The molecule has 1 nitrogen and oxygen atoms in total. The van der Waals surface area contributed by atoms with E-state index in [0.717, 1.165) is 17.6 Å². The summed E-state index contributed by atoms with van der Waals surface area (Å²) in [6.07, 6.45) is 6.13. The highest BCUT2D eigenvalue weighted by atomic mass is 16.2. The minimum atomic E-state index is 0.120. The molecule has 2 unspecified atom stereocenters. The number of rotatable bonds is 1. The van der Waals surface area contributed by atoms with Crippen molar-refractivity contribution in [1.82, 2.24) is 0 Å². The van der Waals surface area contributed by atoms with Gasteiger partial charge < -0.3 is 5.11 Å². The van der Waals surface area contributed by atoms with Crippen molar-refractivity contribution in [3.8, 4) is 23.7 Å². The first kappa shape index (κ1) is 12.8. The molecule has 0 fully saturated rings. The SMILES string of the molecule is OCCC#CC1=C(C#Cc2ccccc2)C2C=CC1C2. The Morgan fingerprint density at radius 2 is 1.65 bits per heavy atom. The largest absolute Gasteiger partial charge is 0.395 e. The number of hydrogen-bond acceptors (Lipinski definition) is 1. The summed E-state index contributed by atoms with van der Waals surface area (Å²) >= 11 is 0. The van der Waals surface area contributed by atoms with Gasteiger partial charge in [-0.25, -0.2) is 0 Å². The maximum atomic E-state index is 8.83. The van der Waals surface area contributed by atoms with Crippen molar-refractivity contribution < 1.29 is 5.11 Å². The van der Waals surface area contributed by atoms with E-state index in [-0.39, 0.29) is 6.61 Å². The molecule has 0 saturated heterocycles. The maximum Gasteiger partial charge on any atom is 0.0540 e. The third kappa shape index (κ3) is 2.55. The van der Waals surface area contributed by atoms with Gasteiger partial charge in [0.2, 0.25) is 0 Å². The molecule has 0 heterocycles. The molecule has 1 N–H and O–H groups in total. The lowest BCUT2D eigenvalue weighted by Crippen LogP contribution is -1.95. The Morgan fingerprint density at radius 3 is 2.35 bits per heavy atom. The molecule has 2 aliphatic carbocycles. The highest BCUT2D eigenvalue weighted by Crippen LogP contribution is 2.43. The second-order valence-electron chi connectivity index (χ2n) is 5.05. The van der Waals surface area contributed by atoms with Crippen molar-refractivity contribution in [3.05, 3.63) is 59.2 Å². The molecule has 0 aromatic heterocycles. The lowest BCUT2D eigenvalue weighted by atomic mass is 9.97. The van der Waals surface area contributed by atoms with E-state index in [4.69, 9.17) is 5.11 Å². The van der Waals surface area contributed by atoms with E-state index in [1.165, 1.54) is 5.57 Å².